The Labute approximate surface area is 221 Å². The summed E-state index contributed by atoms with van der Waals surface area (Å²) in [6.45, 7) is 19.4. The molecule has 0 saturated carbocycles. The van der Waals surface area contributed by atoms with E-state index in [9.17, 15) is 0 Å². The number of hydrogen-bond donors (Lipinski definition) is 0. The quantitative estimate of drug-likeness (QED) is 0.125. The van der Waals surface area contributed by atoms with E-state index in [0.717, 1.165) is 58.9 Å². The van der Waals surface area contributed by atoms with Crippen molar-refractivity contribution in [2.75, 3.05) is 45.8 Å². The number of hydrogen-bond acceptors (Lipinski definition) is 3. The van der Waals surface area contributed by atoms with E-state index < -0.39 is 0 Å². The standard InChI is InChI=1S/C29H54N7/c1-6-11-18-33(16-9-4)27-30-14-21-32(22-15-31-28-34(17-10-5)19-12-7-2)23-24-36-26-25-35(29-36)20-13-8-3/h9-10,16-17,25-29H,6-8,11-15,18-24H2,1-5H3/q+1/b16-9-,17-10-,30-27+,31-28+. The van der Waals surface area contributed by atoms with Gasteiger partial charge in [0.1, 0.15) is 18.9 Å². The zero-order valence-corrected chi connectivity index (χ0v) is 23.9. The number of allylic oxidation sites excluding steroid dienone is 2. The summed E-state index contributed by atoms with van der Waals surface area (Å²) in [5.41, 5.74) is 0. The molecule has 0 unspecified atom stereocenters. The highest BCUT2D eigenvalue weighted by Gasteiger charge is 2.08. The zero-order valence-electron chi connectivity index (χ0n) is 23.9. The molecular weight excluding hydrogens is 446 g/mol. The normalized spacial score (nSPS) is 12.4. The lowest BCUT2D eigenvalue weighted by atomic mass is 10.3. The molecule has 0 bridgehead atoms. The summed E-state index contributed by atoms with van der Waals surface area (Å²) in [4.78, 5) is 16.3. The number of aliphatic imine (C=N–C) groups is 2. The first-order chi connectivity index (χ1) is 17.7. The summed E-state index contributed by atoms with van der Waals surface area (Å²) in [5.74, 6) is 0. The molecule has 0 amide bonds. The first kappa shape index (κ1) is 31.6. The number of imidazole rings is 1. The molecule has 0 N–H and O–H groups in total. The van der Waals surface area contributed by atoms with Gasteiger partial charge in [-0.15, -0.1) is 0 Å². The topological polar surface area (TPSA) is 43.2 Å². The van der Waals surface area contributed by atoms with Gasteiger partial charge in [-0.25, -0.2) is 9.13 Å². The van der Waals surface area contributed by atoms with Crippen molar-refractivity contribution in [1.29, 1.82) is 0 Å². The smallest absolute Gasteiger partial charge is 0.243 e. The van der Waals surface area contributed by atoms with Crippen LogP contribution in [0.1, 0.15) is 73.1 Å². The van der Waals surface area contributed by atoms with Crippen LogP contribution in [-0.2, 0) is 13.1 Å². The van der Waals surface area contributed by atoms with Gasteiger partial charge in [0, 0.05) is 45.1 Å². The van der Waals surface area contributed by atoms with Gasteiger partial charge in [0.15, 0.2) is 0 Å². The summed E-state index contributed by atoms with van der Waals surface area (Å²) in [6, 6.07) is 0. The van der Waals surface area contributed by atoms with Gasteiger partial charge in [0.2, 0.25) is 6.33 Å². The third-order valence-electron chi connectivity index (χ3n) is 5.96. The molecule has 1 aromatic rings. The van der Waals surface area contributed by atoms with Crippen molar-refractivity contribution in [2.24, 2.45) is 9.98 Å². The number of aryl methyl sites for hydroxylation is 1. The van der Waals surface area contributed by atoms with Gasteiger partial charge in [0.05, 0.1) is 32.3 Å². The lowest BCUT2D eigenvalue weighted by Crippen LogP contribution is -2.41. The lowest BCUT2D eigenvalue weighted by molar-refractivity contribution is -0.696. The number of aromatic nitrogens is 2. The summed E-state index contributed by atoms with van der Waals surface area (Å²) in [5, 5.41) is 0. The van der Waals surface area contributed by atoms with Gasteiger partial charge in [-0.2, -0.15) is 0 Å². The van der Waals surface area contributed by atoms with Crippen LogP contribution in [0.4, 0.5) is 0 Å². The maximum atomic E-state index is 4.73. The minimum absolute atomic E-state index is 0.799. The Morgan fingerprint density at radius 1 is 0.750 bits per heavy atom. The second kappa shape index (κ2) is 21.8. The van der Waals surface area contributed by atoms with Crippen molar-refractivity contribution in [2.45, 2.75) is 86.2 Å². The Morgan fingerprint density at radius 2 is 1.31 bits per heavy atom. The molecule has 0 saturated heterocycles. The number of rotatable bonds is 22. The highest BCUT2D eigenvalue weighted by atomic mass is 15.2. The number of nitrogens with zero attached hydrogens (tertiary/aromatic N) is 7. The van der Waals surface area contributed by atoms with E-state index in [1.807, 2.05) is 12.7 Å². The summed E-state index contributed by atoms with van der Waals surface area (Å²) >= 11 is 0. The molecule has 204 valence electrons. The second-order valence-corrected chi connectivity index (χ2v) is 9.28. The Bertz CT molecular complexity index is 713. The second-order valence-electron chi connectivity index (χ2n) is 9.28. The molecule has 7 heteroatoms. The van der Waals surface area contributed by atoms with Crippen molar-refractivity contribution >= 4 is 12.7 Å². The van der Waals surface area contributed by atoms with Crippen molar-refractivity contribution in [3.63, 3.8) is 0 Å². The fraction of sp³-hybridized carbons (Fsp3) is 0.690. The average Bonchev–Trinajstić information content (AvgIpc) is 3.34. The Balaban J connectivity index is 2.66. The maximum absolute atomic E-state index is 4.73. The fourth-order valence-electron chi connectivity index (χ4n) is 3.77. The van der Waals surface area contributed by atoms with Crippen LogP contribution in [0.3, 0.4) is 0 Å². The SMILES string of the molecule is C/C=C\N(/C=N/CCN(CC/N=C/N(/C=C\C)CCCC)CC[n+]1ccn(CCCC)c1)CCCC. The predicted molar refractivity (Wildman–Crippen MR) is 156 cm³/mol. The van der Waals surface area contributed by atoms with E-state index in [1.54, 1.807) is 0 Å². The first-order valence-corrected chi connectivity index (χ1v) is 14.2. The average molecular weight is 501 g/mol. The van der Waals surface area contributed by atoms with Crippen LogP contribution in [0.25, 0.3) is 0 Å². The van der Waals surface area contributed by atoms with E-state index in [2.05, 4.69) is 102 Å². The van der Waals surface area contributed by atoms with Crippen LogP contribution in [0, 0.1) is 0 Å². The zero-order chi connectivity index (χ0) is 26.3. The molecule has 36 heavy (non-hydrogen) atoms. The Kier molecular flexibility index (Phi) is 19.2. The number of unbranched alkanes of at least 4 members (excludes halogenated alkanes) is 3. The maximum Gasteiger partial charge on any atom is 0.243 e. The van der Waals surface area contributed by atoms with E-state index >= 15 is 0 Å². The monoisotopic (exact) mass is 500 g/mol. The van der Waals surface area contributed by atoms with Gasteiger partial charge in [0.25, 0.3) is 0 Å². The van der Waals surface area contributed by atoms with Crippen molar-refractivity contribution in [3.05, 3.63) is 43.3 Å². The van der Waals surface area contributed by atoms with E-state index in [-0.39, 0.29) is 0 Å². The molecule has 0 aliphatic heterocycles. The van der Waals surface area contributed by atoms with Crippen LogP contribution in [0.15, 0.2) is 53.3 Å². The molecule has 0 radical (unpaired) electrons. The van der Waals surface area contributed by atoms with Gasteiger partial charge in [-0.1, -0.05) is 52.2 Å². The van der Waals surface area contributed by atoms with Crippen LogP contribution < -0.4 is 4.57 Å². The van der Waals surface area contributed by atoms with Crippen LogP contribution >= 0.6 is 0 Å². The van der Waals surface area contributed by atoms with E-state index in [1.165, 1.54) is 38.5 Å². The minimum Gasteiger partial charge on any atom is -0.340 e. The summed E-state index contributed by atoms with van der Waals surface area (Å²) in [7, 11) is 0. The fourth-order valence-corrected chi connectivity index (χ4v) is 3.77. The molecule has 1 heterocycles. The van der Waals surface area contributed by atoms with Gasteiger partial charge < -0.3 is 9.80 Å². The van der Waals surface area contributed by atoms with Crippen LogP contribution in [0.5, 0.6) is 0 Å². The van der Waals surface area contributed by atoms with E-state index in [0.29, 0.717) is 0 Å². The Morgan fingerprint density at radius 3 is 1.81 bits per heavy atom. The summed E-state index contributed by atoms with van der Waals surface area (Å²) in [6.07, 6.45) is 26.2. The molecule has 0 atom stereocenters. The van der Waals surface area contributed by atoms with Crippen molar-refractivity contribution < 1.29 is 4.57 Å². The van der Waals surface area contributed by atoms with Gasteiger partial charge >= 0.3 is 0 Å². The van der Waals surface area contributed by atoms with Crippen LogP contribution in [-0.4, -0.2) is 77.8 Å². The van der Waals surface area contributed by atoms with Crippen molar-refractivity contribution in [3.8, 4) is 0 Å². The molecule has 0 fully saturated rings. The van der Waals surface area contributed by atoms with E-state index in [4.69, 9.17) is 9.98 Å². The molecule has 0 aromatic carbocycles. The molecule has 0 spiro atoms. The van der Waals surface area contributed by atoms with Gasteiger partial charge in [-0.3, -0.25) is 14.9 Å². The van der Waals surface area contributed by atoms with Crippen LogP contribution in [0.2, 0.25) is 0 Å². The third kappa shape index (κ3) is 15.6. The first-order valence-electron chi connectivity index (χ1n) is 14.2. The van der Waals surface area contributed by atoms with Crippen molar-refractivity contribution in [1.82, 2.24) is 19.3 Å². The minimum atomic E-state index is 0.799. The lowest BCUT2D eigenvalue weighted by Gasteiger charge is -2.20. The largest absolute Gasteiger partial charge is 0.340 e. The summed E-state index contributed by atoms with van der Waals surface area (Å²) < 4.78 is 4.59. The molecule has 1 aromatic heterocycles. The molecule has 0 aliphatic carbocycles. The molecular formula is C29H54N7+. The highest BCUT2D eigenvalue weighted by Crippen LogP contribution is 1.97. The third-order valence-corrected chi connectivity index (χ3v) is 5.96. The molecule has 7 nitrogen and oxygen atoms in total. The molecule has 1 rings (SSSR count). The van der Waals surface area contributed by atoms with Gasteiger partial charge in [-0.05, 0) is 33.1 Å². The molecule has 0 aliphatic rings. The predicted octanol–water partition coefficient (Wildman–Crippen LogP) is 5.21. The Hall–Kier alpha value is -2.41. The highest BCUT2D eigenvalue weighted by molar-refractivity contribution is 5.56.